The molecular weight excluding hydrogens is 536 g/mol. The van der Waals surface area contributed by atoms with Gasteiger partial charge in [0, 0.05) is 44.0 Å². The van der Waals surface area contributed by atoms with Crippen LogP contribution in [-0.4, -0.2) is 53.7 Å². The molecule has 12 heteroatoms. The Bertz CT molecular complexity index is 1610. The molecule has 196 valence electrons. The number of aromatic nitrogens is 3. The molecule has 0 saturated carbocycles. The van der Waals surface area contributed by atoms with Crippen LogP contribution < -0.4 is 10.5 Å². The van der Waals surface area contributed by atoms with Gasteiger partial charge in [0.15, 0.2) is 0 Å². The summed E-state index contributed by atoms with van der Waals surface area (Å²) in [5.41, 5.74) is 1.10. The molecule has 0 N–H and O–H groups in total. The monoisotopic (exact) mass is 557 g/mol. The second-order valence-electron chi connectivity index (χ2n) is 8.75. The molecule has 1 aliphatic rings. The lowest BCUT2D eigenvalue weighted by Gasteiger charge is -2.36. The number of pyridine rings is 1. The molecule has 1 fully saturated rings. The van der Waals surface area contributed by atoms with Crippen LogP contribution in [0, 0.1) is 11.6 Å². The third kappa shape index (κ3) is 5.45. The van der Waals surface area contributed by atoms with Gasteiger partial charge in [-0.3, -0.25) is 4.79 Å². The SMILES string of the molecule is O=c1c(-c2ccc(Cl)nc2)c(N2CCN(S(=O)(=O)Cc3ccccc3)CC2)cnn1-c1cc(F)cc(F)c1. The number of halogens is 3. The van der Waals surface area contributed by atoms with Gasteiger partial charge in [0.25, 0.3) is 5.56 Å². The van der Waals surface area contributed by atoms with Crippen LogP contribution in [0.15, 0.2) is 77.9 Å². The second-order valence-corrected chi connectivity index (χ2v) is 11.1. The fraction of sp³-hybridized carbons (Fsp3) is 0.192. The van der Waals surface area contributed by atoms with Gasteiger partial charge in [-0.1, -0.05) is 41.9 Å². The smallest absolute Gasteiger partial charge is 0.281 e. The molecule has 2 aromatic carbocycles. The molecule has 0 atom stereocenters. The number of anilines is 1. The normalized spacial score (nSPS) is 14.6. The lowest BCUT2D eigenvalue weighted by atomic mass is 10.1. The summed E-state index contributed by atoms with van der Waals surface area (Å²) in [6, 6.07) is 14.8. The number of hydrogen-bond acceptors (Lipinski definition) is 6. The van der Waals surface area contributed by atoms with Gasteiger partial charge < -0.3 is 4.90 Å². The molecule has 3 heterocycles. The van der Waals surface area contributed by atoms with Crippen LogP contribution >= 0.6 is 11.6 Å². The Labute approximate surface area is 222 Å². The standard InChI is InChI=1S/C26H22ClF2N5O3S/c27-24-7-6-19(15-30-24)25-23(16-31-34(26(25)35)22-13-20(28)12-21(29)14-22)32-8-10-33(11-9-32)38(36,37)17-18-4-2-1-3-5-18/h1-7,12-16H,8-11,17H2. The fourth-order valence-electron chi connectivity index (χ4n) is 4.41. The maximum absolute atomic E-state index is 13.9. The molecule has 5 rings (SSSR count). The Morgan fingerprint density at radius 3 is 2.21 bits per heavy atom. The Hall–Kier alpha value is -3.67. The Kier molecular flexibility index (Phi) is 7.24. The lowest BCUT2D eigenvalue weighted by molar-refractivity contribution is 0.384. The van der Waals surface area contributed by atoms with E-state index in [4.69, 9.17) is 11.6 Å². The van der Waals surface area contributed by atoms with E-state index >= 15 is 0 Å². The van der Waals surface area contributed by atoms with Gasteiger partial charge in [-0.05, 0) is 29.8 Å². The summed E-state index contributed by atoms with van der Waals surface area (Å²) in [5, 5.41) is 4.41. The van der Waals surface area contributed by atoms with Crippen LogP contribution in [0.1, 0.15) is 5.56 Å². The van der Waals surface area contributed by atoms with Gasteiger partial charge in [-0.25, -0.2) is 22.2 Å². The molecule has 8 nitrogen and oxygen atoms in total. The predicted molar refractivity (Wildman–Crippen MR) is 141 cm³/mol. The molecule has 0 spiro atoms. The third-order valence-electron chi connectivity index (χ3n) is 6.23. The van der Waals surface area contributed by atoms with Crippen molar-refractivity contribution < 1.29 is 17.2 Å². The van der Waals surface area contributed by atoms with Gasteiger partial charge >= 0.3 is 0 Å². The van der Waals surface area contributed by atoms with Crippen LogP contribution in [0.5, 0.6) is 0 Å². The van der Waals surface area contributed by atoms with Crippen LogP contribution in [-0.2, 0) is 15.8 Å². The Morgan fingerprint density at radius 2 is 1.58 bits per heavy atom. The van der Waals surface area contributed by atoms with Crippen molar-refractivity contribution in [2.45, 2.75) is 5.75 Å². The lowest BCUT2D eigenvalue weighted by Crippen LogP contribution is -2.49. The van der Waals surface area contributed by atoms with E-state index in [9.17, 15) is 22.0 Å². The van der Waals surface area contributed by atoms with Crippen molar-refractivity contribution >= 4 is 27.3 Å². The van der Waals surface area contributed by atoms with Crippen molar-refractivity contribution in [3.05, 3.63) is 106 Å². The van der Waals surface area contributed by atoms with E-state index in [-0.39, 0.29) is 35.2 Å². The Morgan fingerprint density at radius 1 is 0.895 bits per heavy atom. The van der Waals surface area contributed by atoms with E-state index in [0.29, 0.717) is 36.0 Å². The first kappa shape index (κ1) is 26.0. The van der Waals surface area contributed by atoms with Gasteiger partial charge in [0.1, 0.15) is 16.8 Å². The van der Waals surface area contributed by atoms with E-state index < -0.39 is 27.2 Å². The number of piperazine rings is 1. The minimum Gasteiger partial charge on any atom is -0.367 e. The maximum atomic E-state index is 13.9. The van der Waals surface area contributed by atoms with E-state index in [1.807, 2.05) is 11.0 Å². The predicted octanol–water partition coefficient (Wildman–Crippen LogP) is 3.88. The summed E-state index contributed by atoms with van der Waals surface area (Å²) in [5.74, 6) is -1.79. The average Bonchev–Trinajstić information content (AvgIpc) is 2.89. The number of nitrogens with zero attached hydrogens (tertiary/aromatic N) is 5. The highest BCUT2D eigenvalue weighted by atomic mass is 35.5. The van der Waals surface area contributed by atoms with E-state index in [2.05, 4.69) is 10.1 Å². The molecule has 0 radical (unpaired) electrons. The topological polar surface area (TPSA) is 88.4 Å². The summed E-state index contributed by atoms with van der Waals surface area (Å²) in [6.45, 7) is 1.04. The van der Waals surface area contributed by atoms with E-state index in [1.54, 1.807) is 30.3 Å². The molecule has 0 unspecified atom stereocenters. The number of rotatable bonds is 6. The number of hydrogen-bond donors (Lipinski definition) is 0. The second kappa shape index (κ2) is 10.6. The van der Waals surface area contributed by atoms with Crippen molar-refractivity contribution in [2.24, 2.45) is 0 Å². The first-order valence-electron chi connectivity index (χ1n) is 11.7. The van der Waals surface area contributed by atoms with Gasteiger partial charge in [-0.2, -0.15) is 14.1 Å². The van der Waals surface area contributed by atoms with Crippen LogP contribution in [0.2, 0.25) is 5.15 Å². The third-order valence-corrected chi connectivity index (χ3v) is 8.30. The molecule has 0 bridgehead atoms. The van der Waals surface area contributed by atoms with Crippen molar-refractivity contribution in [3.8, 4) is 16.8 Å². The van der Waals surface area contributed by atoms with Gasteiger partial charge in [0.2, 0.25) is 10.0 Å². The number of sulfonamides is 1. The number of benzene rings is 2. The minimum absolute atomic E-state index is 0.0703. The van der Waals surface area contributed by atoms with Crippen LogP contribution in [0.4, 0.5) is 14.5 Å². The maximum Gasteiger partial charge on any atom is 0.281 e. The van der Waals surface area contributed by atoms with Crippen LogP contribution in [0.3, 0.4) is 0 Å². The zero-order valence-electron chi connectivity index (χ0n) is 20.0. The molecule has 4 aromatic rings. The summed E-state index contributed by atoms with van der Waals surface area (Å²) < 4.78 is 56.1. The molecule has 1 saturated heterocycles. The zero-order chi connectivity index (χ0) is 26.9. The van der Waals surface area contributed by atoms with Gasteiger partial charge in [0.05, 0.1) is 28.9 Å². The molecule has 2 aromatic heterocycles. The Balaban J connectivity index is 1.47. The molecule has 0 amide bonds. The molecule has 38 heavy (non-hydrogen) atoms. The van der Waals surface area contributed by atoms with E-state index in [0.717, 1.165) is 16.8 Å². The molecular formula is C26H22ClF2N5O3S. The van der Waals surface area contributed by atoms with Crippen molar-refractivity contribution in [1.82, 2.24) is 19.1 Å². The molecule has 0 aliphatic carbocycles. The first-order valence-corrected chi connectivity index (χ1v) is 13.7. The summed E-state index contributed by atoms with van der Waals surface area (Å²) in [6.07, 6.45) is 2.86. The largest absolute Gasteiger partial charge is 0.367 e. The van der Waals surface area contributed by atoms with Crippen molar-refractivity contribution in [1.29, 1.82) is 0 Å². The van der Waals surface area contributed by atoms with E-state index in [1.165, 1.54) is 22.8 Å². The molecule has 1 aliphatic heterocycles. The minimum atomic E-state index is -3.54. The average molecular weight is 558 g/mol. The highest BCUT2D eigenvalue weighted by Crippen LogP contribution is 2.29. The highest BCUT2D eigenvalue weighted by molar-refractivity contribution is 7.88. The first-order chi connectivity index (χ1) is 18.2. The van der Waals surface area contributed by atoms with Crippen LogP contribution in [0.25, 0.3) is 16.8 Å². The van der Waals surface area contributed by atoms with Crippen molar-refractivity contribution in [2.75, 3.05) is 31.1 Å². The van der Waals surface area contributed by atoms with Gasteiger partial charge in [-0.15, -0.1) is 0 Å². The van der Waals surface area contributed by atoms with Crippen molar-refractivity contribution in [3.63, 3.8) is 0 Å². The quantitative estimate of drug-likeness (QED) is 0.334. The summed E-state index contributed by atoms with van der Waals surface area (Å²) in [4.78, 5) is 19.6. The highest BCUT2D eigenvalue weighted by Gasteiger charge is 2.29. The summed E-state index contributed by atoms with van der Waals surface area (Å²) in [7, 11) is -3.54. The zero-order valence-corrected chi connectivity index (χ0v) is 21.5. The fourth-order valence-corrected chi connectivity index (χ4v) is 6.04. The summed E-state index contributed by atoms with van der Waals surface area (Å²) >= 11 is 5.94.